The Morgan fingerprint density at radius 1 is 1.21 bits per heavy atom. The van der Waals surface area contributed by atoms with Crippen LogP contribution in [0, 0.1) is 0 Å². The Kier molecular flexibility index (Phi) is 6.06. The third-order valence-electron chi connectivity index (χ3n) is 6.03. The van der Waals surface area contributed by atoms with Gasteiger partial charge in [0.15, 0.2) is 0 Å². The van der Waals surface area contributed by atoms with Crippen molar-refractivity contribution >= 4 is 12.4 Å². The smallest absolute Gasteiger partial charge is 0.327 e. The SMILES string of the molecule is CC1(C)COCN1C(=O)N1C=NC(c2ccc(OCCN3CCCCC3)cc2)C1. The number of benzene rings is 1. The zero-order valence-corrected chi connectivity index (χ0v) is 17.5. The fourth-order valence-electron chi connectivity index (χ4n) is 4.13. The molecular weight excluding hydrogens is 368 g/mol. The lowest BCUT2D eigenvalue weighted by Gasteiger charge is -2.31. The van der Waals surface area contributed by atoms with E-state index >= 15 is 0 Å². The Hall–Kier alpha value is -2.12. The summed E-state index contributed by atoms with van der Waals surface area (Å²) in [6.07, 6.45) is 5.62. The van der Waals surface area contributed by atoms with Crippen LogP contribution >= 0.6 is 0 Å². The molecule has 0 bridgehead atoms. The van der Waals surface area contributed by atoms with Gasteiger partial charge >= 0.3 is 6.03 Å². The maximum absolute atomic E-state index is 12.8. The van der Waals surface area contributed by atoms with E-state index in [0.717, 1.165) is 24.5 Å². The number of likely N-dealkylation sites (tertiary alicyclic amines) is 1. The van der Waals surface area contributed by atoms with E-state index in [0.29, 0.717) is 19.9 Å². The summed E-state index contributed by atoms with van der Waals surface area (Å²) >= 11 is 0. The lowest BCUT2D eigenvalue weighted by Crippen LogP contribution is -2.50. The number of carbonyl (C=O) groups is 1. The molecule has 7 nitrogen and oxygen atoms in total. The van der Waals surface area contributed by atoms with Crippen molar-refractivity contribution < 1.29 is 14.3 Å². The standard InChI is InChI=1S/C22H32N4O3/c1-22(2)15-28-17-26(22)21(27)25-14-20(23-16-25)18-6-8-19(9-7-18)29-13-12-24-10-4-3-5-11-24/h6-9,16,20H,3-5,10-15,17H2,1-2H3. The van der Waals surface area contributed by atoms with E-state index in [9.17, 15) is 4.79 Å². The average Bonchev–Trinajstić information content (AvgIpc) is 3.35. The first-order chi connectivity index (χ1) is 14.0. The quantitative estimate of drug-likeness (QED) is 0.762. The number of hydrogen-bond donors (Lipinski definition) is 0. The lowest BCUT2D eigenvalue weighted by atomic mass is 10.1. The molecule has 0 spiro atoms. The highest BCUT2D eigenvalue weighted by Gasteiger charge is 2.39. The molecule has 3 aliphatic rings. The van der Waals surface area contributed by atoms with Crippen molar-refractivity contribution in [3.05, 3.63) is 29.8 Å². The minimum Gasteiger partial charge on any atom is -0.492 e. The molecule has 1 unspecified atom stereocenters. The summed E-state index contributed by atoms with van der Waals surface area (Å²) in [5.41, 5.74) is 0.813. The fourth-order valence-corrected chi connectivity index (χ4v) is 4.13. The molecule has 0 aromatic heterocycles. The van der Waals surface area contributed by atoms with E-state index < -0.39 is 0 Å². The first kappa shape index (κ1) is 20.2. The molecule has 2 saturated heterocycles. The van der Waals surface area contributed by atoms with Gasteiger partial charge in [0.25, 0.3) is 0 Å². The zero-order valence-electron chi connectivity index (χ0n) is 17.5. The van der Waals surface area contributed by atoms with E-state index in [4.69, 9.17) is 9.47 Å². The first-order valence-corrected chi connectivity index (χ1v) is 10.7. The molecule has 0 N–H and O–H groups in total. The number of hydrogen-bond acceptors (Lipinski definition) is 5. The zero-order chi connectivity index (χ0) is 20.3. The Labute approximate surface area is 173 Å². The summed E-state index contributed by atoms with van der Waals surface area (Å²) < 4.78 is 11.4. The third kappa shape index (κ3) is 4.73. The molecule has 158 valence electrons. The number of rotatable bonds is 5. The van der Waals surface area contributed by atoms with Crippen molar-refractivity contribution in [1.29, 1.82) is 0 Å². The highest BCUT2D eigenvalue weighted by molar-refractivity contribution is 5.88. The molecule has 4 rings (SSSR count). The first-order valence-electron chi connectivity index (χ1n) is 10.7. The van der Waals surface area contributed by atoms with Crippen molar-refractivity contribution in [2.45, 2.75) is 44.7 Å². The summed E-state index contributed by atoms with van der Waals surface area (Å²) in [5.74, 6) is 0.886. The number of ether oxygens (including phenoxy) is 2. The summed E-state index contributed by atoms with van der Waals surface area (Å²) in [5, 5.41) is 0. The Balaban J connectivity index is 1.26. The number of urea groups is 1. The molecule has 2 fully saturated rings. The molecule has 7 heteroatoms. The average molecular weight is 401 g/mol. The van der Waals surface area contributed by atoms with Crippen LogP contribution in [0.25, 0.3) is 0 Å². The fraction of sp³-hybridized carbons (Fsp3) is 0.636. The second kappa shape index (κ2) is 8.71. The molecule has 0 radical (unpaired) electrons. The number of amides is 2. The van der Waals surface area contributed by atoms with Gasteiger partial charge in [-0.1, -0.05) is 18.6 Å². The number of aliphatic imine (C=N–C) groups is 1. The highest BCUT2D eigenvalue weighted by atomic mass is 16.5. The predicted molar refractivity (Wildman–Crippen MR) is 112 cm³/mol. The molecule has 2 amide bonds. The maximum atomic E-state index is 12.8. The molecule has 1 aromatic carbocycles. The minimum absolute atomic E-state index is 0.0343. The Morgan fingerprint density at radius 3 is 2.66 bits per heavy atom. The maximum Gasteiger partial charge on any atom is 0.327 e. The van der Waals surface area contributed by atoms with Gasteiger partial charge in [-0.3, -0.25) is 19.7 Å². The van der Waals surface area contributed by atoms with Gasteiger partial charge in [0.05, 0.1) is 31.1 Å². The van der Waals surface area contributed by atoms with Gasteiger partial charge in [0, 0.05) is 6.54 Å². The van der Waals surface area contributed by atoms with Crippen LogP contribution in [0.5, 0.6) is 5.75 Å². The minimum atomic E-state index is -0.282. The molecule has 1 atom stereocenters. The van der Waals surface area contributed by atoms with Gasteiger partial charge in [-0.2, -0.15) is 0 Å². The van der Waals surface area contributed by atoms with Gasteiger partial charge in [-0.05, 0) is 57.5 Å². The van der Waals surface area contributed by atoms with Crippen LogP contribution in [0.4, 0.5) is 4.79 Å². The number of piperidine rings is 1. The van der Waals surface area contributed by atoms with E-state index in [1.165, 1.54) is 32.4 Å². The van der Waals surface area contributed by atoms with Crippen LogP contribution in [0.2, 0.25) is 0 Å². The topological polar surface area (TPSA) is 57.6 Å². The summed E-state index contributed by atoms with van der Waals surface area (Å²) in [4.78, 5) is 23.3. The monoisotopic (exact) mass is 400 g/mol. The molecule has 3 aliphatic heterocycles. The molecule has 29 heavy (non-hydrogen) atoms. The summed E-state index contributed by atoms with van der Waals surface area (Å²) in [7, 11) is 0. The second-order valence-corrected chi connectivity index (χ2v) is 8.75. The van der Waals surface area contributed by atoms with Crippen LogP contribution in [0.3, 0.4) is 0 Å². The van der Waals surface area contributed by atoms with E-state index in [2.05, 4.69) is 22.0 Å². The van der Waals surface area contributed by atoms with Crippen molar-refractivity contribution in [2.75, 3.05) is 46.1 Å². The Morgan fingerprint density at radius 2 is 1.97 bits per heavy atom. The van der Waals surface area contributed by atoms with Crippen LogP contribution in [-0.4, -0.2) is 78.7 Å². The van der Waals surface area contributed by atoms with Crippen molar-refractivity contribution in [3.63, 3.8) is 0 Å². The molecule has 0 saturated carbocycles. The van der Waals surface area contributed by atoms with E-state index in [-0.39, 0.29) is 17.6 Å². The molecule has 3 heterocycles. The second-order valence-electron chi connectivity index (χ2n) is 8.75. The van der Waals surface area contributed by atoms with Crippen LogP contribution in [-0.2, 0) is 4.74 Å². The predicted octanol–water partition coefficient (Wildman–Crippen LogP) is 3.12. The van der Waals surface area contributed by atoms with Gasteiger partial charge in [0.2, 0.25) is 0 Å². The van der Waals surface area contributed by atoms with Gasteiger partial charge < -0.3 is 9.47 Å². The lowest BCUT2D eigenvalue weighted by molar-refractivity contribution is 0.126. The van der Waals surface area contributed by atoms with Gasteiger partial charge in [0.1, 0.15) is 19.1 Å². The van der Waals surface area contributed by atoms with Crippen LogP contribution < -0.4 is 4.74 Å². The number of nitrogens with zero attached hydrogens (tertiary/aromatic N) is 4. The van der Waals surface area contributed by atoms with Crippen LogP contribution in [0.1, 0.15) is 44.7 Å². The van der Waals surface area contributed by atoms with E-state index in [1.54, 1.807) is 16.1 Å². The largest absolute Gasteiger partial charge is 0.492 e. The van der Waals surface area contributed by atoms with Gasteiger partial charge in [-0.15, -0.1) is 0 Å². The molecule has 0 aliphatic carbocycles. The molecule has 1 aromatic rings. The highest BCUT2D eigenvalue weighted by Crippen LogP contribution is 2.28. The summed E-state index contributed by atoms with van der Waals surface area (Å²) in [6.45, 7) is 9.59. The van der Waals surface area contributed by atoms with Crippen LogP contribution in [0.15, 0.2) is 29.3 Å². The third-order valence-corrected chi connectivity index (χ3v) is 6.03. The van der Waals surface area contributed by atoms with Crippen molar-refractivity contribution in [1.82, 2.24) is 14.7 Å². The van der Waals surface area contributed by atoms with Crippen molar-refractivity contribution in [3.8, 4) is 5.75 Å². The Bertz CT molecular complexity index is 728. The van der Waals surface area contributed by atoms with E-state index in [1.807, 2.05) is 26.0 Å². The normalized spacial score (nSPS) is 24.3. The number of carbonyl (C=O) groups excluding carboxylic acids is 1. The molecular formula is C22H32N4O3. The van der Waals surface area contributed by atoms with Gasteiger partial charge in [-0.25, -0.2) is 4.79 Å². The van der Waals surface area contributed by atoms with Crippen molar-refractivity contribution in [2.24, 2.45) is 4.99 Å². The summed E-state index contributed by atoms with van der Waals surface area (Å²) in [6, 6.07) is 8.03.